The summed E-state index contributed by atoms with van der Waals surface area (Å²) in [7, 11) is 0. The average Bonchev–Trinajstić information content (AvgIpc) is 2.64. The van der Waals surface area contributed by atoms with E-state index in [1.165, 1.54) is 0 Å². The third-order valence-electron chi connectivity index (χ3n) is 1.45. The van der Waals surface area contributed by atoms with Crippen molar-refractivity contribution in [3.8, 4) is 0 Å². The highest BCUT2D eigenvalue weighted by Crippen LogP contribution is 1.72. The molecule has 0 saturated carbocycles. The van der Waals surface area contributed by atoms with Crippen molar-refractivity contribution in [1.29, 1.82) is 0 Å². The maximum atomic E-state index is 3.22. The zero-order valence-electron chi connectivity index (χ0n) is 6.64. The molecule has 0 spiro atoms. The number of rotatable bonds is 0. The minimum absolute atomic E-state index is 1.14. The van der Waals surface area contributed by atoms with Gasteiger partial charge in [-0.3, -0.25) is 0 Å². The molecule has 1 aliphatic heterocycles. The lowest BCUT2D eigenvalue weighted by atomic mass is 10.4. The smallest absolute Gasteiger partial charge is 0.00772 e. The second kappa shape index (κ2) is 5.95. The van der Waals surface area contributed by atoms with Crippen LogP contribution in [0.3, 0.4) is 0 Å². The van der Waals surface area contributed by atoms with Crippen molar-refractivity contribution in [1.82, 2.24) is 15.6 Å². The SMILES string of the molecule is C1CNCCN1.c1cc[nH]c1. The molecule has 0 amide bonds. The molecule has 3 nitrogen and oxygen atoms in total. The fourth-order valence-electron chi connectivity index (χ4n) is 0.881. The van der Waals surface area contributed by atoms with Crippen molar-refractivity contribution in [3.05, 3.63) is 24.5 Å². The van der Waals surface area contributed by atoms with Gasteiger partial charge in [0.2, 0.25) is 0 Å². The first-order chi connectivity index (χ1) is 5.50. The monoisotopic (exact) mass is 153 g/mol. The van der Waals surface area contributed by atoms with E-state index in [4.69, 9.17) is 0 Å². The fourth-order valence-corrected chi connectivity index (χ4v) is 0.881. The van der Waals surface area contributed by atoms with Gasteiger partial charge in [-0.1, -0.05) is 0 Å². The van der Waals surface area contributed by atoms with Crippen LogP contribution in [0.15, 0.2) is 24.5 Å². The van der Waals surface area contributed by atoms with E-state index in [2.05, 4.69) is 15.6 Å². The number of aromatic nitrogens is 1. The van der Waals surface area contributed by atoms with Crippen LogP contribution in [0.2, 0.25) is 0 Å². The third-order valence-corrected chi connectivity index (χ3v) is 1.45. The second-order valence-electron chi connectivity index (χ2n) is 2.38. The summed E-state index contributed by atoms with van der Waals surface area (Å²) < 4.78 is 0. The normalized spacial score (nSPS) is 16.7. The number of piperazine rings is 1. The van der Waals surface area contributed by atoms with Gasteiger partial charge in [-0.15, -0.1) is 0 Å². The summed E-state index contributed by atoms with van der Waals surface area (Å²) >= 11 is 0. The highest BCUT2D eigenvalue weighted by Gasteiger charge is 1.91. The summed E-state index contributed by atoms with van der Waals surface area (Å²) in [5.74, 6) is 0. The Morgan fingerprint density at radius 1 is 0.727 bits per heavy atom. The Morgan fingerprint density at radius 2 is 1.18 bits per heavy atom. The summed E-state index contributed by atoms with van der Waals surface area (Å²) in [5.41, 5.74) is 0. The quantitative estimate of drug-likeness (QED) is 0.498. The minimum Gasteiger partial charge on any atom is -0.368 e. The largest absolute Gasteiger partial charge is 0.368 e. The van der Waals surface area contributed by atoms with Crippen LogP contribution in [0.5, 0.6) is 0 Å². The lowest BCUT2D eigenvalue weighted by molar-refractivity contribution is 0.534. The molecule has 2 heterocycles. The summed E-state index contributed by atoms with van der Waals surface area (Å²) in [6, 6.07) is 3.89. The van der Waals surface area contributed by atoms with Gasteiger partial charge in [0.15, 0.2) is 0 Å². The Labute approximate surface area is 67.2 Å². The number of aromatic amines is 1. The Kier molecular flexibility index (Phi) is 4.49. The van der Waals surface area contributed by atoms with Crippen LogP contribution < -0.4 is 10.6 Å². The highest BCUT2D eigenvalue weighted by atomic mass is 15.0. The molecular weight excluding hydrogens is 138 g/mol. The van der Waals surface area contributed by atoms with Gasteiger partial charge in [-0.05, 0) is 12.1 Å². The number of nitrogens with one attached hydrogen (secondary N) is 3. The maximum Gasteiger partial charge on any atom is 0.00772 e. The van der Waals surface area contributed by atoms with E-state index in [-0.39, 0.29) is 0 Å². The Bertz CT molecular complexity index is 116. The van der Waals surface area contributed by atoms with Crippen molar-refractivity contribution in [3.63, 3.8) is 0 Å². The third kappa shape index (κ3) is 4.58. The summed E-state index contributed by atoms with van der Waals surface area (Å²) in [4.78, 5) is 2.86. The summed E-state index contributed by atoms with van der Waals surface area (Å²) in [5, 5.41) is 6.44. The molecule has 0 bridgehead atoms. The van der Waals surface area contributed by atoms with Crippen LogP contribution in [-0.2, 0) is 0 Å². The van der Waals surface area contributed by atoms with Crippen LogP contribution in [0, 0.1) is 0 Å². The van der Waals surface area contributed by atoms with E-state index >= 15 is 0 Å². The van der Waals surface area contributed by atoms with E-state index in [1.54, 1.807) is 0 Å². The Morgan fingerprint density at radius 3 is 1.36 bits per heavy atom. The Balaban J connectivity index is 0.000000112. The van der Waals surface area contributed by atoms with Gasteiger partial charge in [-0.25, -0.2) is 0 Å². The molecule has 3 heteroatoms. The molecule has 0 aliphatic carbocycles. The Hall–Kier alpha value is -0.800. The molecule has 11 heavy (non-hydrogen) atoms. The van der Waals surface area contributed by atoms with Gasteiger partial charge in [0.1, 0.15) is 0 Å². The van der Waals surface area contributed by atoms with Crippen LogP contribution in [0.25, 0.3) is 0 Å². The molecule has 2 rings (SSSR count). The average molecular weight is 153 g/mol. The van der Waals surface area contributed by atoms with E-state index in [0.29, 0.717) is 0 Å². The fraction of sp³-hybridized carbons (Fsp3) is 0.500. The molecule has 62 valence electrons. The molecule has 0 radical (unpaired) electrons. The molecule has 1 saturated heterocycles. The molecule has 1 aliphatic rings. The van der Waals surface area contributed by atoms with Crippen LogP contribution in [-0.4, -0.2) is 31.2 Å². The van der Waals surface area contributed by atoms with Crippen LogP contribution >= 0.6 is 0 Å². The van der Waals surface area contributed by atoms with Gasteiger partial charge in [0.05, 0.1) is 0 Å². The van der Waals surface area contributed by atoms with Crippen molar-refractivity contribution in [2.75, 3.05) is 26.2 Å². The molecule has 0 atom stereocenters. The van der Waals surface area contributed by atoms with Crippen molar-refractivity contribution in [2.45, 2.75) is 0 Å². The van der Waals surface area contributed by atoms with Crippen molar-refractivity contribution in [2.24, 2.45) is 0 Å². The lowest BCUT2D eigenvalue weighted by Gasteiger charge is -2.11. The molecule has 1 fully saturated rings. The molecule has 1 aromatic heterocycles. The highest BCUT2D eigenvalue weighted by molar-refractivity contribution is 4.84. The first kappa shape index (κ1) is 8.30. The van der Waals surface area contributed by atoms with Gasteiger partial charge in [0.25, 0.3) is 0 Å². The minimum atomic E-state index is 1.14. The van der Waals surface area contributed by atoms with Gasteiger partial charge >= 0.3 is 0 Å². The molecule has 0 aromatic carbocycles. The summed E-state index contributed by atoms with van der Waals surface area (Å²) in [6.07, 6.45) is 3.75. The van der Waals surface area contributed by atoms with Gasteiger partial charge in [0, 0.05) is 38.6 Å². The molecule has 3 N–H and O–H groups in total. The van der Waals surface area contributed by atoms with E-state index < -0.39 is 0 Å². The number of H-pyrrole nitrogens is 1. The van der Waals surface area contributed by atoms with Crippen LogP contribution in [0.1, 0.15) is 0 Å². The summed E-state index contributed by atoms with van der Waals surface area (Å²) in [6.45, 7) is 4.56. The molecule has 0 unspecified atom stereocenters. The van der Waals surface area contributed by atoms with Gasteiger partial charge in [-0.2, -0.15) is 0 Å². The maximum absolute atomic E-state index is 3.22. The first-order valence-corrected chi connectivity index (χ1v) is 3.99. The zero-order valence-corrected chi connectivity index (χ0v) is 6.64. The standard InChI is InChI=1S/C4H10N2.C4H5N/c1-2-6-4-3-5-1;1-2-4-5-3-1/h5-6H,1-4H2;1-5H. The van der Waals surface area contributed by atoms with E-state index in [9.17, 15) is 0 Å². The second-order valence-corrected chi connectivity index (χ2v) is 2.38. The van der Waals surface area contributed by atoms with Crippen molar-refractivity contribution >= 4 is 0 Å². The predicted molar refractivity (Wildman–Crippen MR) is 46.5 cm³/mol. The van der Waals surface area contributed by atoms with Crippen LogP contribution in [0.4, 0.5) is 0 Å². The topological polar surface area (TPSA) is 39.8 Å². The van der Waals surface area contributed by atoms with E-state index in [0.717, 1.165) is 26.2 Å². The number of hydrogen-bond donors (Lipinski definition) is 3. The number of hydrogen-bond acceptors (Lipinski definition) is 2. The molecular formula is C8H15N3. The zero-order chi connectivity index (χ0) is 7.78. The van der Waals surface area contributed by atoms with E-state index in [1.807, 2.05) is 24.5 Å². The van der Waals surface area contributed by atoms with Crippen molar-refractivity contribution < 1.29 is 0 Å². The first-order valence-electron chi connectivity index (χ1n) is 3.99. The van der Waals surface area contributed by atoms with Gasteiger partial charge < -0.3 is 15.6 Å². The lowest BCUT2D eigenvalue weighted by Crippen LogP contribution is -2.39. The molecule has 1 aromatic rings. The predicted octanol–water partition coefficient (Wildman–Crippen LogP) is 0.194.